The van der Waals surface area contributed by atoms with Gasteiger partial charge >= 0.3 is 254 Å². The Labute approximate surface area is 252 Å². The van der Waals surface area contributed by atoms with Crippen LogP contribution in [0.2, 0.25) is 0 Å². The van der Waals surface area contributed by atoms with E-state index in [2.05, 4.69) is 150 Å². The van der Waals surface area contributed by atoms with Gasteiger partial charge in [0.25, 0.3) is 0 Å². The first-order valence-corrected chi connectivity index (χ1v) is 17.9. The second-order valence-corrected chi connectivity index (χ2v) is 15.9. The molecule has 2 aliphatic rings. The summed E-state index contributed by atoms with van der Waals surface area (Å²) in [5.74, 6) is 0. The fourth-order valence-corrected chi connectivity index (χ4v) is 13.9. The molecule has 0 saturated heterocycles. The van der Waals surface area contributed by atoms with E-state index in [0.29, 0.717) is 0 Å². The van der Waals surface area contributed by atoms with Gasteiger partial charge < -0.3 is 0 Å². The van der Waals surface area contributed by atoms with Crippen LogP contribution in [0.15, 0.2) is 127 Å². The van der Waals surface area contributed by atoms with Crippen LogP contribution in [0, 0.1) is 17.4 Å². The zero-order chi connectivity index (χ0) is 27.9. The second-order valence-electron chi connectivity index (χ2n) is 11.3. The van der Waals surface area contributed by atoms with Gasteiger partial charge in [0.05, 0.1) is 0 Å². The third kappa shape index (κ3) is 3.24. The van der Waals surface area contributed by atoms with Crippen molar-refractivity contribution in [2.24, 2.45) is 0 Å². The number of hydrogen-bond donors (Lipinski definition) is 0. The first-order valence-electron chi connectivity index (χ1n) is 14.5. The zero-order valence-electron chi connectivity index (χ0n) is 23.5. The number of benzene rings is 6. The SMILES string of the molecule is Cc1ccccc1-c1ccc2c(c1C)-c1ccc3c4ccccc4n(-c4ccccc4)c3c1I1C=c3ccccc3=C21. The Morgan fingerprint density at radius 1 is 0.548 bits per heavy atom. The van der Waals surface area contributed by atoms with Gasteiger partial charge in [-0.05, 0) is 0 Å². The van der Waals surface area contributed by atoms with Gasteiger partial charge in [-0.1, -0.05) is 0 Å². The van der Waals surface area contributed by atoms with Crippen molar-refractivity contribution in [2.75, 3.05) is 0 Å². The van der Waals surface area contributed by atoms with Crippen LogP contribution in [0.4, 0.5) is 0 Å². The minimum atomic E-state index is -1.96. The fraction of sp³-hybridized carbons (Fsp3) is 0.0500. The quantitative estimate of drug-likeness (QED) is 0.165. The minimum absolute atomic E-state index is 1.22. The molecule has 7 aromatic rings. The molecule has 0 fully saturated rings. The van der Waals surface area contributed by atoms with Gasteiger partial charge in [0, 0.05) is 0 Å². The third-order valence-corrected chi connectivity index (χ3v) is 14.9. The van der Waals surface area contributed by atoms with E-state index in [1.165, 1.54) is 76.9 Å². The van der Waals surface area contributed by atoms with Gasteiger partial charge in [-0.15, -0.1) is 0 Å². The van der Waals surface area contributed by atoms with E-state index in [0.717, 1.165) is 0 Å². The predicted molar refractivity (Wildman–Crippen MR) is 187 cm³/mol. The van der Waals surface area contributed by atoms with Crippen molar-refractivity contribution < 1.29 is 0 Å². The molecular formula is C40H28IN. The molecular weight excluding hydrogens is 621 g/mol. The van der Waals surface area contributed by atoms with Gasteiger partial charge in [-0.2, -0.15) is 0 Å². The normalized spacial score (nSPS) is 14.0. The Morgan fingerprint density at radius 3 is 2.14 bits per heavy atom. The number of hydrogen-bond acceptors (Lipinski definition) is 0. The molecule has 0 N–H and O–H groups in total. The molecule has 0 saturated carbocycles. The Kier molecular flexibility index (Phi) is 5.21. The average molecular weight is 650 g/mol. The third-order valence-electron chi connectivity index (χ3n) is 9.03. The van der Waals surface area contributed by atoms with Crippen molar-refractivity contribution in [1.82, 2.24) is 4.57 Å². The van der Waals surface area contributed by atoms with Crippen molar-refractivity contribution in [2.45, 2.75) is 13.8 Å². The molecule has 0 aliphatic carbocycles. The van der Waals surface area contributed by atoms with Gasteiger partial charge in [-0.3, -0.25) is 0 Å². The second kappa shape index (κ2) is 9.04. The number of para-hydroxylation sites is 2. The summed E-state index contributed by atoms with van der Waals surface area (Å²) in [6.07, 6.45) is 0. The number of aryl methyl sites for hydroxylation is 1. The fourth-order valence-electron chi connectivity index (χ4n) is 7.15. The van der Waals surface area contributed by atoms with Crippen molar-refractivity contribution in [3.8, 4) is 27.9 Å². The van der Waals surface area contributed by atoms with E-state index in [-0.39, 0.29) is 0 Å². The Hall–Kier alpha value is -4.41. The van der Waals surface area contributed by atoms with Crippen LogP contribution in [-0.4, -0.2) is 4.57 Å². The molecule has 2 aliphatic heterocycles. The molecule has 2 heteroatoms. The van der Waals surface area contributed by atoms with Crippen molar-refractivity contribution >= 4 is 49.3 Å². The predicted octanol–water partition coefficient (Wildman–Crippen LogP) is 9.33. The Morgan fingerprint density at radius 2 is 1.26 bits per heavy atom. The van der Waals surface area contributed by atoms with Gasteiger partial charge in [0.15, 0.2) is 0 Å². The molecule has 0 unspecified atom stereocenters. The first-order chi connectivity index (χ1) is 20.7. The van der Waals surface area contributed by atoms with E-state index in [4.69, 9.17) is 0 Å². The molecule has 3 heterocycles. The van der Waals surface area contributed by atoms with E-state index < -0.39 is 19.8 Å². The van der Waals surface area contributed by atoms with Crippen LogP contribution in [0.5, 0.6) is 0 Å². The molecule has 0 amide bonds. The van der Waals surface area contributed by atoms with Gasteiger partial charge in [0.1, 0.15) is 0 Å². The van der Waals surface area contributed by atoms with Gasteiger partial charge in [0.2, 0.25) is 0 Å². The molecule has 0 spiro atoms. The summed E-state index contributed by atoms with van der Waals surface area (Å²) in [6, 6.07) is 47.4. The van der Waals surface area contributed by atoms with Crippen LogP contribution >= 0.6 is 19.8 Å². The van der Waals surface area contributed by atoms with E-state index in [1.54, 1.807) is 7.15 Å². The molecule has 9 rings (SSSR count). The molecule has 200 valence electrons. The number of nitrogens with zero attached hydrogens (tertiary/aromatic N) is 1. The number of halogens is 1. The number of rotatable bonds is 2. The zero-order valence-corrected chi connectivity index (χ0v) is 25.7. The Balaban J connectivity index is 1.49. The van der Waals surface area contributed by atoms with E-state index >= 15 is 0 Å². The first kappa shape index (κ1) is 24.2. The number of aromatic nitrogens is 1. The molecule has 6 aromatic carbocycles. The van der Waals surface area contributed by atoms with Crippen LogP contribution in [-0.2, 0) is 0 Å². The summed E-state index contributed by atoms with van der Waals surface area (Å²) in [7, 11) is 0. The van der Waals surface area contributed by atoms with Crippen molar-refractivity contribution in [3.05, 3.63) is 158 Å². The Bertz CT molecular complexity index is 2380. The maximum absolute atomic E-state index is 2.66. The molecule has 0 bridgehead atoms. The average Bonchev–Trinajstić information content (AvgIpc) is 3.58. The van der Waals surface area contributed by atoms with Gasteiger partial charge in [-0.25, -0.2) is 0 Å². The topological polar surface area (TPSA) is 4.93 Å². The summed E-state index contributed by atoms with van der Waals surface area (Å²) in [6.45, 7) is 4.57. The summed E-state index contributed by atoms with van der Waals surface area (Å²) < 4.78 is 8.36. The van der Waals surface area contributed by atoms with Crippen LogP contribution < -0.4 is 10.4 Å². The molecule has 1 aromatic heterocycles. The molecule has 0 atom stereocenters. The monoisotopic (exact) mass is 649 g/mol. The van der Waals surface area contributed by atoms with Crippen LogP contribution in [0.25, 0.3) is 57.4 Å². The molecule has 42 heavy (non-hydrogen) atoms. The summed E-state index contributed by atoms with van der Waals surface area (Å²) in [4.78, 5) is 0. The van der Waals surface area contributed by atoms with Crippen molar-refractivity contribution in [3.63, 3.8) is 0 Å². The summed E-state index contributed by atoms with van der Waals surface area (Å²) in [5.41, 5.74) is 13.5. The molecule has 0 radical (unpaired) electrons. The maximum atomic E-state index is 2.66. The standard InChI is InChI=1S/C40H28IN/c1-25-12-6-8-16-29(25)30-20-22-34-37(26(30)2)35-23-21-33-32-18-10-11-19-36(32)42(28-14-4-3-5-15-28)40(33)39(35)41-24-27-13-7-9-17-31(27)38(34)41/h3-24H,1-2H3. The van der Waals surface area contributed by atoms with Crippen molar-refractivity contribution in [1.29, 1.82) is 0 Å². The molecule has 1 nitrogen and oxygen atoms in total. The van der Waals surface area contributed by atoms with E-state index in [9.17, 15) is 0 Å². The summed E-state index contributed by atoms with van der Waals surface area (Å²) >= 11 is -1.96. The number of fused-ring (bicyclic) bond motifs is 11. The summed E-state index contributed by atoms with van der Waals surface area (Å²) in [5, 5.41) is 5.50. The van der Waals surface area contributed by atoms with Crippen LogP contribution in [0.1, 0.15) is 16.7 Å². The van der Waals surface area contributed by atoms with E-state index in [1.807, 2.05) is 0 Å². The van der Waals surface area contributed by atoms with Crippen LogP contribution in [0.3, 0.4) is 0 Å².